The number of allylic oxidation sites excluding steroid dienone is 2. The third-order valence-corrected chi connectivity index (χ3v) is 2.65. The lowest BCUT2D eigenvalue weighted by Crippen LogP contribution is -2.40. The van der Waals surface area contributed by atoms with Crippen LogP contribution in [0.2, 0.25) is 0 Å². The predicted octanol–water partition coefficient (Wildman–Crippen LogP) is 1.68. The Hall–Kier alpha value is -1.28. The Morgan fingerprint density at radius 3 is 2.18 bits per heavy atom. The maximum absolute atomic E-state index is 11.8. The van der Waals surface area contributed by atoms with E-state index in [0.717, 1.165) is 0 Å². The largest absolute Gasteiger partial charge is 0.468 e. The number of alkyl halides is 1. The molecule has 17 heavy (non-hydrogen) atoms. The van der Waals surface area contributed by atoms with Crippen LogP contribution in [-0.2, 0) is 19.1 Å². The van der Waals surface area contributed by atoms with Crippen LogP contribution in [0.5, 0.6) is 0 Å². The molecule has 5 heteroatoms. The van der Waals surface area contributed by atoms with Crippen molar-refractivity contribution in [3.63, 3.8) is 0 Å². The van der Waals surface area contributed by atoms with Crippen molar-refractivity contribution in [2.75, 3.05) is 19.5 Å². The summed E-state index contributed by atoms with van der Waals surface area (Å²) in [5.74, 6) is 0.960. The summed E-state index contributed by atoms with van der Waals surface area (Å²) in [5, 5.41) is 0.626. The van der Waals surface area contributed by atoms with Crippen molar-refractivity contribution in [2.45, 2.75) is 12.8 Å². The fraction of sp³-hybridized carbons (Fsp3) is 0.500. The number of carbonyl (C=O) groups is 2. The highest BCUT2D eigenvalue weighted by atomic mass is 79.9. The van der Waals surface area contributed by atoms with Crippen molar-refractivity contribution < 1.29 is 19.1 Å². The summed E-state index contributed by atoms with van der Waals surface area (Å²) in [5.41, 5.74) is -1.45. The monoisotopic (exact) mass is 302 g/mol. The number of hydrogen-bond donors (Lipinski definition) is 0. The van der Waals surface area contributed by atoms with Crippen LogP contribution in [0.1, 0.15) is 12.8 Å². The molecule has 0 aromatic carbocycles. The molecule has 0 bridgehead atoms. The number of esters is 2. The van der Waals surface area contributed by atoms with Crippen LogP contribution >= 0.6 is 15.9 Å². The van der Waals surface area contributed by atoms with Crippen molar-refractivity contribution in [3.8, 4) is 12.3 Å². The van der Waals surface area contributed by atoms with Gasteiger partial charge < -0.3 is 9.47 Å². The molecule has 0 saturated heterocycles. The SMILES string of the molecule is C#CCC(C/C=C\CBr)(C(=O)OC)C(=O)OC. The average Bonchev–Trinajstić information content (AvgIpc) is 2.35. The van der Waals surface area contributed by atoms with Gasteiger partial charge in [0.2, 0.25) is 0 Å². The molecule has 0 fully saturated rings. The minimum absolute atomic E-state index is 0.0566. The van der Waals surface area contributed by atoms with Crippen LogP contribution in [0.4, 0.5) is 0 Å². The summed E-state index contributed by atoms with van der Waals surface area (Å²) in [6.45, 7) is 0. The number of halogens is 1. The summed E-state index contributed by atoms with van der Waals surface area (Å²) in [6, 6.07) is 0. The Balaban J connectivity index is 5.25. The van der Waals surface area contributed by atoms with E-state index in [1.54, 1.807) is 12.2 Å². The van der Waals surface area contributed by atoms with E-state index in [1.165, 1.54) is 14.2 Å². The molecule has 0 aromatic heterocycles. The molecular weight excluding hydrogens is 288 g/mol. The predicted molar refractivity (Wildman–Crippen MR) is 67.5 cm³/mol. The maximum atomic E-state index is 11.8. The van der Waals surface area contributed by atoms with Crippen molar-refractivity contribution in [2.24, 2.45) is 5.41 Å². The lowest BCUT2D eigenvalue weighted by Gasteiger charge is -2.24. The molecule has 0 heterocycles. The van der Waals surface area contributed by atoms with Crippen LogP contribution in [0, 0.1) is 17.8 Å². The first-order chi connectivity index (χ1) is 8.08. The molecule has 0 aliphatic rings. The van der Waals surface area contributed by atoms with Crippen LogP contribution < -0.4 is 0 Å². The van der Waals surface area contributed by atoms with Gasteiger partial charge >= 0.3 is 11.9 Å². The van der Waals surface area contributed by atoms with Gasteiger partial charge in [0.25, 0.3) is 0 Å². The smallest absolute Gasteiger partial charge is 0.324 e. The molecule has 94 valence electrons. The van der Waals surface area contributed by atoms with E-state index in [0.29, 0.717) is 5.33 Å². The molecule has 0 saturated carbocycles. The lowest BCUT2D eigenvalue weighted by atomic mass is 9.81. The molecule has 0 unspecified atom stereocenters. The fourth-order valence-corrected chi connectivity index (χ4v) is 1.64. The number of hydrogen-bond acceptors (Lipinski definition) is 4. The molecule has 0 radical (unpaired) electrons. The van der Waals surface area contributed by atoms with Crippen molar-refractivity contribution in [1.29, 1.82) is 0 Å². The fourth-order valence-electron chi connectivity index (χ4n) is 1.38. The number of terminal acetylenes is 1. The Bertz CT molecular complexity index is 325. The van der Waals surface area contributed by atoms with Gasteiger partial charge in [0.05, 0.1) is 14.2 Å². The van der Waals surface area contributed by atoms with Crippen molar-refractivity contribution in [3.05, 3.63) is 12.2 Å². The van der Waals surface area contributed by atoms with E-state index in [2.05, 4.69) is 31.3 Å². The van der Waals surface area contributed by atoms with Gasteiger partial charge in [-0.15, -0.1) is 12.3 Å². The van der Waals surface area contributed by atoms with Crippen LogP contribution in [-0.4, -0.2) is 31.5 Å². The van der Waals surface area contributed by atoms with E-state index in [4.69, 9.17) is 6.42 Å². The third-order valence-electron chi connectivity index (χ3n) is 2.28. The molecular formula is C12H15BrO4. The normalized spacial score (nSPS) is 10.9. The first-order valence-corrected chi connectivity index (χ1v) is 6.02. The molecule has 0 aromatic rings. The molecule has 4 nitrogen and oxygen atoms in total. The first-order valence-electron chi connectivity index (χ1n) is 4.90. The summed E-state index contributed by atoms with van der Waals surface area (Å²) < 4.78 is 9.28. The zero-order valence-electron chi connectivity index (χ0n) is 9.86. The number of carbonyl (C=O) groups excluding carboxylic acids is 2. The van der Waals surface area contributed by atoms with Crippen LogP contribution in [0.25, 0.3) is 0 Å². The van der Waals surface area contributed by atoms with Gasteiger partial charge in [0, 0.05) is 11.8 Å². The van der Waals surface area contributed by atoms with Gasteiger partial charge in [-0.05, 0) is 6.42 Å². The van der Waals surface area contributed by atoms with Gasteiger partial charge in [0.15, 0.2) is 5.41 Å². The summed E-state index contributed by atoms with van der Waals surface area (Å²) in [6.07, 6.45) is 8.77. The zero-order valence-corrected chi connectivity index (χ0v) is 11.5. The van der Waals surface area contributed by atoms with Gasteiger partial charge in [-0.25, -0.2) is 0 Å². The molecule has 0 spiro atoms. The second kappa shape index (κ2) is 7.91. The molecule has 0 aliphatic carbocycles. The quantitative estimate of drug-likeness (QED) is 0.246. The van der Waals surface area contributed by atoms with E-state index in [-0.39, 0.29) is 12.8 Å². The minimum atomic E-state index is -1.45. The van der Waals surface area contributed by atoms with E-state index in [9.17, 15) is 9.59 Å². The van der Waals surface area contributed by atoms with E-state index >= 15 is 0 Å². The number of ether oxygens (including phenoxy) is 2. The highest BCUT2D eigenvalue weighted by Gasteiger charge is 2.46. The second-order valence-electron chi connectivity index (χ2n) is 3.28. The molecule has 0 rings (SSSR count). The molecule has 0 amide bonds. The Morgan fingerprint density at radius 2 is 1.82 bits per heavy atom. The van der Waals surface area contributed by atoms with E-state index < -0.39 is 17.4 Å². The van der Waals surface area contributed by atoms with Gasteiger partial charge in [-0.1, -0.05) is 28.1 Å². The number of rotatable bonds is 6. The highest BCUT2D eigenvalue weighted by molar-refractivity contribution is 9.09. The highest BCUT2D eigenvalue weighted by Crippen LogP contribution is 2.30. The standard InChI is InChI=1S/C12H15BrO4/c1-4-7-12(10(14)16-2,11(15)17-3)8-5-6-9-13/h1,5-6H,7-9H2,2-3H3/b6-5-. The topological polar surface area (TPSA) is 52.6 Å². The minimum Gasteiger partial charge on any atom is -0.468 e. The van der Waals surface area contributed by atoms with Crippen LogP contribution in [0.3, 0.4) is 0 Å². The maximum Gasteiger partial charge on any atom is 0.324 e. The molecule has 0 N–H and O–H groups in total. The van der Waals surface area contributed by atoms with Crippen LogP contribution in [0.15, 0.2) is 12.2 Å². The Labute approximate surface area is 109 Å². The first kappa shape index (κ1) is 15.7. The second-order valence-corrected chi connectivity index (χ2v) is 3.92. The van der Waals surface area contributed by atoms with Crippen molar-refractivity contribution >= 4 is 27.9 Å². The lowest BCUT2D eigenvalue weighted by molar-refractivity contribution is -0.168. The van der Waals surface area contributed by atoms with Crippen molar-refractivity contribution in [1.82, 2.24) is 0 Å². The summed E-state index contributed by atoms with van der Waals surface area (Å²) in [4.78, 5) is 23.5. The number of methoxy groups -OCH3 is 2. The Morgan fingerprint density at radius 1 is 1.29 bits per heavy atom. The molecule has 0 atom stereocenters. The van der Waals surface area contributed by atoms with E-state index in [1.807, 2.05) is 0 Å². The Kier molecular flexibility index (Phi) is 7.31. The summed E-state index contributed by atoms with van der Waals surface area (Å²) in [7, 11) is 2.43. The van der Waals surface area contributed by atoms with Gasteiger partial charge in [-0.2, -0.15) is 0 Å². The zero-order chi connectivity index (χ0) is 13.3. The van der Waals surface area contributed by atoms with Gasteiger partial charge in [-0.3, -0.25) is 9.59 Å². The third kappa shape index (κ3) is 3.90. The average molecular weight is 303 g/mol. The van der Waals surface area contributed by atoms with Gasteiger partial charge in [0.1, 0.15) is 0 Å². The molecule has 0 aliphatic heterocycles. The summed E-state index contributed by atoms with van der Waals surface area (Å²) >= 11 is 3.20.